The zero-order valence-corrected chi connectivity index (χ0v) is 9.14. The number of benzene rings is 2. The van der Waals surface area contributed by atoms with E-state index in [1.807, 2.05) is 19.0 Å². The average Bonchev–Trinajstić information content (AvgIpc) is 2.26. The summed E-state index contributed by atoms with van der Waals surface area (Å²) in [4.78, 5) is 2.04. The molecule has 2 aromatic rings. The summed E-state index contributed by atoms with van der Waals surface area (Å²) in [6.45, 7) is 0. The van der Waals surface area contributed by atoms with Crippen molar-refractivity contribution >= 4 is 16.8 Å². The minimum atomic E-state index is 1.24. The molecule has 0 heterocycles. The van der Waals surface area contributed by atoms with Crippen LogP contribution >= 0.6 is 0 Å². The number of hydrogen-bond donors (Lipinski definition) is 0. The molecule has 0 saturated carbocycles. The van der Waals surface area contributed by atoms with Crippen molar-refractivity contribution in [1.29, 1.82) is 0 Å². The van der Waals surface area contributed by atoms with E-state index in [4.69, 9.17) is 0 Å². The molecule has 0 saturated heterocycles. The molecule has 0 atom stereocenters. The Morgan fingerprint density at radius 2 is 1.67 bits per heavy atom. The smallest absolute Gasteiger partial charge is 0.00556 e. The predicted octanol–water partition coefficient (Wildman–Crippen LogP) is 3.37. The van der Waals surface area contributed by atoms with Crippen LogP contribution in [0.2, 0.25) is 0 Å². The van der Waals surface area contributed by atoms with Crippen molar-refractivity contribution < 1.29 is 0 Å². The maximum atomic E-state index is 2.20. The van der Waals surface area contributed by atoms with Gasteiger partial charge in [0.15, 0.2) is 0 Å². The van der Waals surface area contributed by atoms with Gasteiger partial charge in [-0.15, -0.1) is 0 Å². The molecule has 0 N–H and O–H groups in total. The number of fused-ring (bicyclic) bond motifs is 1. The normalized spacial score (nSPS) is 11.1. The van der Waals surface area contributed by atoms with Crippen LogP contribution in [0.5, 0.6) is 0 Å². The lowest BCUT2D eigenvalue weighted by Crippen LogP contribution is -1.99. The summed E-state index contributed by atoms with van der Waals surface area (Å²) in [5.41, 5.74) is 1.24. The minimum Gasteiger partial charge on any atom is -0.383 e. The van der Waals surface area contributed by atoms with Gasteiger partial charge in [-0.1, -0.05) is 36.4 Å². The quantitative estimate of drug-likeness (QED) is 0.713. The van der Waals surface area contributed by atoms with Gasteiger partial charge < -0.3 is 4.90 Å². The van der Waals surface area contributed by atoms with Crippen molar-refractivity contribution in [2.24, 2.45) is 0 Å². The van der Waals surface area contributed by atoms with E-state index in [0.717, 1.165) is 0 Å². The molecule has 0 radical (unpaired) electrons. The third kappa shape index (κ3) is 2.38. The average molecular weight is 197 g/mol. The van der Waals surface area contributed by atoms with Crippen molar-refractivity contribution in [3.8, 4) is 0 Å². The fraction of sp³-hybridized carbons (Fsp3) is 0.143. The molecule has 0 unspecified atom stereocenters. The molecular weight excluding hydrogens is 182 g/mol. The second-order valence-electron chi connectivity index (χ2n) is 3.89. The van der Waals surface area contributed by atoms with Gasteiger partial charge in [0, 0.05) is 14.1 Å². The van der Waals surface area contributed by atoms with E-state index in [1.54, 1.807) is 0 Å². The van der Waals surface area contributed by atoms with Gasteiger partial charge in [0.1, 0.15) is 0 Å². The van der Waals surface area contributed by atoms with E-state index < -0.39 is 0 Å². The Hall–Kier alpha value is -1.76. The molecule has 0 spiro atoms. The molecule has 15 heavy (non-hydrogen) atoms. The summed E-state index contributed by atoms with van der Waals surface area (Å²) in [5.74, 6) is 0. The standard InChI is InChI=1S/C14H15N/c1-15(2)10-9-12-7-8-13-5-3-4-6-14(13)11-12/h3-11H,1-2H3/b10-9+. The number of hydrogen-bond acceptors (Lipinski definition) is 1. The lowest BCUT2D eigenvalue weighted by atomic mass is 10.1. The van der Waals surface area contributed by atoms with Crippen molar-refractivity contribution in [2.75, 3.05) is 14.1 Å². The van der Waals surface area contributed by atoms with Gasteiger partial charge in [0.2, 0.25) is 0 Å². The first-order valence-corrected chi connectivity index (χ1v) is 5.09. The van der Waals surface area contributed by atoms with Crippen molar-refractivity contribution in [2.45, 2.75) is 0 Å². The summed E-state index contributed by atoms with van der Waals surface area (Å²) in [5, 5.41) is 2.58. The topological polar surface area (TPSA) is 3.24 Å². The monoisotopic (exact) mass is 197 g/mol. The van der Waals surface area contributed by atoms with E-state index in [9.17, 15) is 0 Å². The van der Waals surface area contributed by atoms with E-state index in [1.165, 1.54) is 16.3 Å². The van der Waals surface area contributed by atoms with Crippen LogP contribution in [0.3, 0.4) is 0 Å². The molecule has 1 heteroatoms. The zero-order valence-electron chi connectivity index (χ0n) is 9.14. The molecule has 2 aromatic carbocycles. The first-order valence-electron chi connectivity index (χ1n) is 5.09. The first kappa shape index (κ1) is 9.78. The van der Waals surface area contributed by atoms with E-state index >= 15 is 0 Å². The molecule has 0 aliphatic rings. The van der Waals surface area contributed by atoms with Gasteiger partial charge in [-0.3, -0.25) is 0 Å². The Morgan fingerprint density at radius 1 is 0.933 bits per heavy atom. The minimum absolute atomic E-state index is 1.24. The first-order chi connectivity index (χ1) is 7.25. The molecule has 0 aromatic heterocycles. The van der Waals surface area contributed by atoms with Crippen LogP contribution < -0.4 is 0 Å². The van der Waals surface area contributed by atoms with Gasteiger partial charge >= 0.3 is 0 Å². The Morgan fingerprint density at radius 3 is 2.40 bits per heavy atom. The van der Waals surface area contributed by atoms with Gasteiger partial charge in [-0.2, -0.15) is 0 Å². The third-order valence-electron chi connectivity index (χ3n) is 2.34. The maximum Gasteiger partial charge on any atom is 0.00556 e. The van der Waals surface area contributed by atoms with Gasteiger partial charge in [0.25, 0.3) is 0 Å². The molecule has 0 amide bonds. The summed E-state index contributed by atoms with van der Waals surface area (Å²) < 4.78 is 0. The fourth-order valence-electron chi connectivity index (χ4n) is 1.55. The molecule has 1 nitrogen and oxygen atoms in total. The van der Waals surface area contributed by atoms with Crippen molar-refractivity contribution in [3.05, 3.63) is 54.2 Å². The van der Waals surface area contributed by atoms with Gasteiger partial charge in [-0.25, -0.2) is 0 Å². The van der Waals surface area contributed by atoms with Crippen LogP contribution in [0.4, 0.5) is 0 Å². The second kappa shape index (κ2) is 4.18. The second-order valence-corrected chi connectivity index (χ2v) is 3.89. The van der Waals surface area contributed by atoms with Crippen LogP contribution in [0.15, 0.2) is 48.7 Å². The van der Waals surface area contributed by atoms with Crippen LogP contribution in [-0.2, 0) is 0 Å². The van der Waals surface area contributed by atoms with Crippen molar-refractivity contribution in [3.63, 3.8) is 0 Å². The van der Waals surface area contributed by atoms with Gasteiger partial charge in [0.05, 0.1) is 0 Å². The number of rotatable bonds is 2. The molecule has 0 bridgehead atoms. The predicted molar refractivity (Wildman–Crippen MR) is 66.7 cm³/mol. The van der Waals surface area contributed by atoms with Gasteiger partial charge in [-0.05, 0) is 34.7 Å². The summed E-state index contributed by atoms with van der Waals surface area (Å²) in [7, 11) is 4.05. The largest absolute Gasteiger partial charge is 0.383 e. The lowest BCUT2D eigenvalue weighted by molar-refractivity contribution is 0.567. The van der Waals surface area contributed by atoms with Crippen LogP contribution in [0.1, 0.15) is 5.56 Å². The molecule has 0 fully saturated rings. The molecule has 76 valence electrons. The van der Waals surface area contributed by atoms with Crippen LogP contribution in [0.25, 0.3) is 16.8 Å². The van der Waals surface area contributed by atoms with Crippen molar-refractivity contribution in [1.82, 2.24) is 4.90 Å². The summed E-state index contributed by atoms with van der Waals surface area (Å²) in [6.07, 6.45) is 4.18. The Bertz CT molecular complexity index is 483. The lowest BCUT2D eigenvalue weighted by Gasteiger charge is -2.04. The van der Waals surface area contributed by atoms with E-state index in [-0.39, 0.29) is 0 Å². The Balaban J connectivity index is 2.39. The SMILES string of the molecule is CN(C)/C=C/c1ccc2ccccc2c1. The molecule has 0 aliphatic heterocycles. The van der Waals surface area contributed by atoms with Crippen LogP contribution in [-0.4, -0.2) is 19.0 Å². The molecule has 2 rings (SSSR count). The summed E-state index contributed by atoms with van der Waals surface area (Å²) >= 11 is 0. The third-order valence-corrected chi connectivity index (χ3v) is 2.34. The Kier molecular flexibility index (Phi) is 2.72. The van der Waals surface area contributed by atoms with Crippen LogP contribution in [0, 0.1) is 0 Å². The summed E-state index contributed by atoms with van der Waals surface area (Å²) in [6, 6.07) is 14.9. The Labute approximate surface area is 90.6 Å². The fourth-order valence-corrected chi connectivity index (χ4v) is 1.55. The highest BCUT2D eigenvalue weighted by molar-refractivity contribution is 5.84. The van der Waals surface area contributed by atoms with E-state index in [2.05, 4.69) is 54.7 Å². The zero-order chi connectivity index (χ0) is 10.7. The van der Waals surface area contributed by atoms with E-state index in [0.29, 0.717) is 0 Å². The molecular formula is C14H15N. The highest BCUT2D eigenvalue weighted by Gasteiger charge is 1.92. The highest BCUT2D eigenvalue weighted by Crippen LogP contribution is 2.16. The maximum absolute atomic E-state index is 2.20. The molecule has 0 aliphatic carbocycles. The highest BCUT2D eigenvalue weighted by atomic mass is 15.0. The number of nitrogens with zero attached hydrogens (tertiary/aromatic N) is 1.